The standard InChI is InChI=1S/C20H20F2N2O3/c1-12(2)27-16-9-4-3-8-15(16)23-18(25)20(10-11-20)19(26)24-17-13(21)6-5-7-14(17)22/h3-9,12H,10-11H2,1-2H3,(H,23,25)(H,24,26). The van der Waals surface area contributed by atoms with Crippen molar-refractivity contribution in [1.29, 1.82) is 0 Å². The fraction of sp³-hybridized carbons (Fsp3) is 0.300. The molecule has 0 atom stereocenters. The molecule has 1 fully saturated rings. The molecule has 2 aromatic carbocycles. The van der Waals surface area contributed by atoms with Crippen LogP contribution in [0.1, 0.15) is 26.7 Å². The first-order valence-electron chi connectivity index (χ1n) is 8.66. The van der Waals surface area contributed by atoms with Gasteiger partial charge in [-0.2, -0.15) is 0 Å². The lowest BCUT2D eigenvalue weighted by atomic mass is 10.0. The maximum atomic E-state index is 13.8. The summed E-state index contributed by atoms with van der Waals surface area (Å²) in [6, 6.07) is 10.2. The molecule has 5 nitrogen and oxygen atoms in total. The minimum absolute atomic E-state index is 0.0923. The topological polar surface area (TPSA) is 67.4 Å². The van der Waals surface area contributed by atoms with Gasteiger partial charge in [-0.15, -0.1) is 0 Å². The molecule has 27 heavy (non-hydrogen) atoms. The zero-order valence-corrected chi connectivity index (χ0v) is 15.0. The highest BCUT2D eigenvalue weighted by molar-refractivity contribution is 6.17. The van der Waals surface area contributed by atoms with E-state index >= 15 is 0 Å². The van der Waals surface area contributed by atoms with Gasteiger partial charge in [0, 0.05) is 0 Å². The van der Waals surface area contributed by atoms with Gasteiger partial charge in [0.2, 0.25) is 11.8 Å². The second-order valence-electron chi connectivity index (χ2n) is 6.75. The van der Waals surface area contributed by atoms with Crippen molar-refractivity contribution in [3.63, 3.8) is 0 Å². The summed E-state index contributed by atoms with van der Waals surface area (Å²) < 4.78 is 33.2. The quantitative estimate of drug-likeness (QED) is 0.748. The summed E-state index contributed by atoms with van der Waals surface area (Å²) in [5.74, 6) is -2.56. The van der Waals surface area contributed by atoms with E-state index in [4.69, 9.17) is 4.74 Å². The van der Waals surface area contributed by atoms with Crippen LogP contribution in [-0.4, -0.2) is 17.9 Å². The molecule has 0 aliphatic heterocycles. The van der Waals surface area contributed by atoms with Crippen LogP contribution in [0.15, 0.2) is 42.5 Å². The SMILES string of the molecule is CC(C)Oc1ccccc1NC(=O)C1(C(=O)Nc2c(F)cccc2F)CC1. The molecular formula is C20H20F2N2O3. The van der Waals surface area contributed by atoms with Gasteiger partial charge in [0.25, 0.3) is 0 Å². The number of benzene rings is 2. The number of halogens is 2. The number of carbonyl (C=O) groups is 2. The highest BCUT2D eigenvalue weighted by Gasteiger charge is 2.57. The third-order valence-electron chi connectivity index (χ3n) is 4.32. The molecule has 0 radical (unpaired) electrons. The van der Waals surface area contributed by atoms with Crippen LogP contribution in [0.2, 0.25) is 0 Å². The number of nitrogens with one attached hydrogen (secondary N) is 2. The second kappa shape index (κ2) is 7.34. The van der Waals surface area contributed by atoms with E-state index in [0.29, 0.717) is 24.3 Å². The maximum Gasteiger partial charge on any atom is 0.240 e. The Morgan fingerprint density at radius 2 is 1.56 bits per heavy atom. The molecule has 7 heteroatoms. The number of ether oxygens (including phenoxy) is 1. The lowest BCUT2D eigenvalue weighted by Crippen LogP contribution is -2.36. The van der Waals surface area contributed by atoms with Crippen LogP contribution in [0.3, 0.4) is 0 Å². The molecule has 2 amide bonds. The summed E-state index contributed by atoms with van der Waals surface area (Å²) in [6.07, 6.45) is 0.507. The molecule has 1 saturated carbocycles. The first-order chi connectivity index (χ1) is 12.8. The Morgan fingerprint density at radius 3 is 2.15 bits per heavy atom. The molecule has 0 heterocycles. The molecule has 1 aliphatic rings. The van der Waals surface area contributed by atoms with Gasteiger partial charge < -0.3 is 15.4 Å². The maximum absolute atomic E-state index is 13.8. The van der Waals surface area contributed by atoms with Crippen molar-refractivity contribution in [3.05, 3.63) is 54.1 Å². The highest BCUT2D eigenvalue weighted by Crippen LogP contribution is 2.48. The molecule has 1 aliphatic carbocycles. The number of anilines is 2. The molecule has 142 valence electrons. The van der Waals surface area contributed by atoms with Crippen LogP contribution < -0.4 is 15.4 Å². The number of amides is 2. The van der Waals surface area contributed by atoms with Gasteiger partial charge in [0.15, 0.2) is 0 Å². The Kier molecular flexibility index (Phi) is 5.12. The minimum Gasteiger partial charge on any atom is -0.489 e. The monoisotopic (exact) mass is 374 g/mol. The smallest absolute Gasteiger partial charge is 0.240 e. The number of hydrogen-bond donors (Lipinski definition) is 2. The van der Waals surface area contributed by atoms with Crippen molar-refractivity contribution < 1.29 is 23.1 Å². The Hall–Kier alpha value is -2.96. The predicted octanol–water partition coefficient (Wildman–Crippen LogP) is 4.11. The molecule has 0 saturated heterocycles. The van der Waals surface area contributed by atoms with Crippen LogP contribution in [0, 0.1) is 17.0 Å². The largest absolute Gasteiger partial charge is 0.489 e. The number of rotatable bonds is 6. The molecule has 0 spiro atoms. The van der Waals surface area contributed by atoms with E-state index in [1.807, 2.05) is 13.8 Å². The van der Waals surface area contributed by atoms with Crippen LogP contribution in [0.5, 0.6) is 5.75 Å². The van der Waals surface area contributed by atoms with Crippen LogP contribution >= 0.6 is 0 Å². The predicted molar refractivity (Wildman–Crippen MR) is 97.5 cm³/mol. The Labute approximate surface area is 155 Å². The van der Waals surface area contributed by atoms with E-state index in [1.165, 1.54) is 6.07 Å². The molecule has 2 aromatic rings. The van der Waals surface area contributed by atoms with E-state index in [1.54, 1.807) is 24.3 Å². The van der Waals surface area contributed by atoms with E-state index < -0.39 is 34.6 Å². The average Bonchev–Trinajstić information content (AvgIpc) is 3.41. The first kappa shape index (κ1) is 18.8. The summed E-state index contributed by atoms with van der Waals surface area (Å²) >= 11 is 0. The van der Waals surface area contributed by atoms with E-state index in [0.717, 1.165) is 12.1 Å². The number of para-hydroxylation sites is 3. The normalized spacial score (nSPS) is 14.6. The van der Waals surface area contributed by atoms with Crippen molar-refractivity contribution in [3.8, 4) is 5.75 Å². The Morgan fingerprint density at radius 1 is 0.963 bits per heavy atom. The summed E-state index contributed by atoms with van der Waals surface area (Å²) in [5.41, 5.74) is -1.46. The van der Waals surface area contributed by atoms with Gasteiger partial charge >= 0.3 is 0 Å². The fourth-order valence-electron chi connectivity index (χ4n) is 2.70. The first-order valence-corrected chi connectivity index (χ1v) is 8.66. The van der Waals surface area contributed by atoms with Crippen molar-refractivity contribution in [2.24, 2.45) is 5.41 Å². The average molecular weight is 374 g/mol. The summed E-state index contributed by atoms with van der Waals surface area (Å²) in [7, 11) is 0. The lowest BCUT2D eigenvalue weighted by Gasteiger charge is -2.18. The van der Waals surface area contributed by atoms with Gasteiger partial charge in [-0.25, -0.2) is 8.78 Å². The van der Waals surface area contributed by atoms with Crippen LogP contribution in [0.4, 0.5) is 20.2 Å². The molecule has 0 unspecified atom stereocenters. The fourth-order valence-corrected chi connectivity index (χ4v) is 2.70. The Balaban J connectivity index is 1.76. The van der Waals surface area contributed by atoms with Gasteiger partial charge in [-0.05, 0) is 51.0 Å². The highest BCUT2D eigenvalue weighted by atomic mass is 19.1. The van der Waals surface area contributed by atoms with E-state index in [9.17, 15) is 18.4 Å². The summed E-state index contributed by atoms with van der Waals surface area (Å²) in [5, 5.41) is 4.92. The lowest BCUT2D eigenvalue weighted by molar-refractivity contribution is -0.131. The molecule has 3 rings (SSSR count). The molecular weight excluding hydrogens is 354 g/mol. The van der Waals surface area contributed by atoms with Crippen molar-refractivity contribution in [2.75, 3.05) is 10.6 Å². The molecule has 2 N–H and O–H groups in total. The summed E-state index contributed by atoms with van der Waals surface area (Å²) in [6.45, 7) is 3.72. The third-order valence-corrected chi connectivity index (χ3v) is 4.32. The van der Waals surface area contributed by atoms with Gasteiger partial charge in [0.05, 0.1) is 11.8 Å². The zero-order valence-electron chi connectivity index (χ0n) is 15.0. The van der Waals surface area contributed by atoms with E-state index in [2.05, 4.69) is 10.6 Å². The van der Waals surface area contributed by atoms with Crippen molar-refractivity contribution >= 4 is 23.2 Å². The van der Waals surface area contributed by atoms with Gasteiger partial charge in [0.1, 0.15) is 28.5 Å². The van der Waals surface area contributed by atoms with Crippen molar-refractivity contribution in [2.45, 2.75) is 32.8 Å². The zero-order chi connectivity index (χ0) is 19.6. The molecule has 0 bridgehead atoms. The van der Waals surface area contributed by atoms with Crippen LogP contribution in [-0.2, 0) is 9.59 Å². The van der Waals surface area contributed by atoms with Gasteiger partial charge in [-0.3, -0.25) is 9.59 Å². The van der Waals surface area contributed by atoms with E-state index in [-0.39, 0.29) is 6.10 Å². The Bertz CT molecular complexity index is 859. The van der Waals surface area contributed by atoms with Gasteiger partial charge in [-0.1, -0.05) is 18.2 Å². The number of hydrogen-bond acceptors (Lipinski definition) is 3. The number of carbonyl (C=O) groups excluding carboxylic acids is 2. The van der Waals surface area contributed by atoms with Crippen LogP contribution in [0.25, 0.3) is 0 Å². The molecule has 0 aromatic heterocycles. The third kappa shape index (κ3) is 3.92. The minimum atomic E-state index is -1.35. The summed E-state index contributed by atoms with van der Waals surface area (Å²) in [4.78, 5) is 25.3. The van der Waals surface area contributed by atoms with Crippen molar-refractivity contribution in [1.82, 2.24) is 0 Å². The second-order valence-corrected chi connectivity index (χ2v) is 6.75.